The molecule has 0 spiro atoms. The minimum atomic E-state index is -0.711. The molecule has 0 N–H and O–H groups in total. The third-order valence-electron chi connectivity index (χ3n) is 4.55. The van der Waals surface area contributed by atoms with Crippen LogP contribution in [0.4, 0.5) is 0 Å². The number of tetrazole rings is 1. The van der Waals surface area contributed by atoms with Crippen LogP contribution in [-0.4, -0.2) is 20.2 Å². The van der Waals surface area contributed by atoms with Gasteiger partial charge >= 0.3 is 0 Å². The van der Waals surface area contributed by atoms with Crippen LogP contribution in [0.1, 0.15) is 22.5 Å². The molecule has 0 bridgehead atoms. The number of hydrogen-bond acceptors (Lipinski definition) is 3. The van der Waals surface area contributed by atoms with E-state index < -0.39 is 5.54 Å². The summed E-state index contributed by atoms with van der Waals surface area (Å²) in [5.74, 6) is 0.838. The van der Waals surface area contributed by atoms with Gasteiger partial charge in [-0.2, -0.15) is 0 Å². The number of hydrogen-bond donors (Lipinski definition) is 0. The van der Waals surface area contributed by atoms with Crippen LogP contribution < -0.4 is 0 Å². The summed E-state index contributed by atoms with van der Waals surface area (Å²) in [5.41, 5.74) is 2.49. The van der Waals surface area contributed by atoms with Crippen molar-refractivity contribution in [3.05, 3.63) is 114 Å². The van der Waals surface area contributed by atoms with Crippen molar-refractivity contribution in [2.75, 3.05) is 0 Å². The molecule has 128 valence electrons. The molecule has 0 atom stereocenters. The minimum Gasteiger partial charge on any atom is -0.209 e. The molecule has 0 saturated heterocycles. The van der Waals surface area contributed by atoms with Crippen LogP contribution in [0.25, 0.3) is 0 Å². The third-order valence-corrected chi connectivity index (χ3v) is 4.79. The average molecular weight is 361 g/mol. The Morgan fingerprint density at radius 3 is 1.50 bits per heavy atom. The van der Waals surface area contributed by atoms with Crippen LogP contribution in [0.15, 0.2) is 91.0 Å². The van der Waals surface area contributed by atoms with E-state index in [0.29, 0.717) is 5.82 Å². The van der Waals surface area contributed by atoms with Gasteiger partial charge in [0, 0.05) is 0 Å². The molecular formula is C21H17ClN4. The van der Waals surface area contributed by atoms with E-state index in [1.54, 1.807) is 0 Å². The summed E-state index contributed by atoms with van der Waals surface area (Å²) in [4.78, 5) is 0. The first-order valence-corrected chi connectivity index (χ1v) is 8.91. The molecule has 3 aromatic carbocycles. The van der Waals surface area contributed by atoms with Crippen molar-refractivity contribution in [1.82, 2.24) is 20.2 Å². The predicted molar refractivity (Wildman–Crippen MR) is 102 cm³/mol. The highest BCUT2D eigenvalue weighted by Crippen LogP contribution is 2.40. The first-order chi connectivity index (χ1) is 12.9. The number of rotatable bonds is 5. The molecule has 0 unspecified atom stereocenters. The van der Waals surface area contributed by atoms with Gasteiger partial charge in [0.2, 0.25) is 0 Å². The maximum absolute atomic E-state index is 6.18. The van der Waals surface area contributed by atoms with Gasteiger partial charge in [0.05, 0.1) is 5.88 Å². The third kappa shape index (κ3) is 2.59. The summed E-state index contributed by atoms with van der Waals surface area (Å²) >= 11 is 6.18. The Balaban J connectivity index is 2.15. The highest BCUT2D eigenvalue weighted by molar-refractivity contribution is 6.16. The average Bonchev–Trinajstić information content (AvgIpc) is 3.20. The molecule has 0 aliphatic heterocycles. The van der Waals surface area contributed by atoms with Gasteiger partial charge in [-0.1, -0.05) is 91.0 Å². The van der Waals surface area contributed by atoms with Crippen LogP contribution in [0.5, 0.6) is 0 Å². The van der Waals surface area contributed by atoms with Crippen molar-refractivity contribution in [2.24, 2.45) is 0 Å². The SMILES string of the molecule is ClCc1nnnn1C(c1ccccc1)(c1ccccc1)c1ccccc1. The van der Waals surface area contributed by atoms with Gasteiger partial charge in [-0.3, -0.25) is 0 Å². The van der Waals surface area contributed by atoms with E-state index in [1.165, 1.54) is 0 Å². The number of benzene rings is 3. The molecule has 1 heterocycles. The molecule has 4 rings (SSSR count). The fourth-order valence-electron chi connectivity index (χ4n) is 3.45. The summed E-state index contributed by atoms with van der Waals surface area (Å²) < 4.78 is 1.83. The maximum Gasteiger partial charge on any atom is 0.167 e. The molecule has 0 saturated carbocycles. The van der Waals surface area contributed by atoms with Crippen molar-refractivity contribution < 1.29 is 0 Å². The van der Waals surface area contributed by atoms with Crippen molar-refractivity contribution in [3.63, 3.8) is 0 Å². The second kappa shape index (κ2) is 7.10. The Morgan fingerprint density at radius 2 is 1.12 bits per heavy atom. The molecule has 4 aromatic rings. The fourth-order valence-corrected chi connectivity index (χ4v) is 3.62. The second-order valence-corrected chi connectivity index (χ2v) is 6.22. The van der Waals surface area contributed by atoms with E-state index in [2.05, 4.69) is 51.9 Å². The lowest BCUT2D eigenvalue weighted by Gasteiger charge is -2.36. The van der Waals surface area contributed by atoms with E-state index in [1.807, 2.05) is 59.3 Å². The maximum atomic E-state index is 6.18. The fraction of sp³-hybridized carbons (Fsp3) is 0.0952. The van der Waals surface area contributed by atoms with Crippen LogP contribution >= 0.6 is 11.6 Å². The van der Waals surface area contributed by atoms with Crippen molar-refractivity contribution >= 4 is 11.6 Å². The monoisotopic (exact) mass is 360 g/mol. The summed E-state index contributed by atoms with van der Waals surface area (Å²) in [6.07, 6.45) is 0. The van der Waals surface area contributed by atoms with E-state index in [9.17, 15) is 0 Å². The Bertz CT molecular complexity index is 872. The van der Waals surface area contributed by atoms with E-state index in [0.717, 1.165) is 16.7 Å². The van der Waals surface area contributed by atoms with Crippen LogP contribution in [-0.2, 0) is 11.4 Å². The smallest absolute Gasteiger partial charge is 0.167 e. The largest absolute Gasteiger partial charge is 0.209 e. The molecule has 4 nitrogen and oxygen atoms in total. The molecule has 1 aromatic heterocycles. The normalized spacial score (nSPS) is 11.4. The summed E-state index contributed by atoms with van der Waals surface area (Å²) in [5, 5.41) is 12.4. The van der Waals surface area contributed by atoms with Gasteiger partial charge in [0.15, 0.2) is 5.82 Å². The van der Waals surface area contributed by atoms with Crippen LogP contribution in [0.2, 0.25) is 0 Å². The zero-order valence-corrected chi connectivity index (χ0v) is 14.8. The van der Waals surface area contributed by atoms with Crippen LogP contribution in [0, 0.1) is 0 Å². The van der Waals surface area contributed by atoms with E-state index in [-0.39, 0.29) is 5.88 Å². The Morgan fingerprint density at radius 1 is 0.692 bits per heavy atom. The molecule has 5 heteroatoms. The summed E-state index contributed by atoms with van der Waals surface area (Å²) in [6, 6.07) is 30.8. The van der Waals surface area contributed by atoms with Gasteiger partial charge in [0.25, 0.3) is 0 Å². The van der Waals surface area contributed by atoms with Crippen molar-refractivity contribution in [1.29, 1.82) is 0 Å². The number of alkyl halides is 1. The predicted octanol–water partition coefficient (Wildman–Crippen LogP) is 4.25. The summed E-state index contributed by atoms with van der Waals surface area (Å²) in [7, 11) is 0. The first-order valence-electron chi connectivity index (χ1n) is 8.37. The first kappa shape index (κ1) is 16.5. The van der Waals surface area contributed by atoms with Gasteiger partial charge in [-0.25, -0.2) is 4.68 Å². The molecule has 0 fully saturated rings. The topological polar surface area (TPSA) is 43.6 Å². The number of aromatic nitrogens is 4. The minimum absolute atomic E-state index is 0.223. The molecule has 0 aliphatic carbocycles. The van der Waals surface area contributed by atoms with Gasteiger partial charge < -0.3 is 0 Å². The molecule has 26 heavy (non-hydrogen) atoms. The van der Waals surface area contributed by atoms with Crippen molar-refractivity contribution in [2.45, 2.75) is 11.4 Å². The molecule has 0 aliphatic rings. The van der Waals surface area contributed by atoms with Gasteiger partial charge in [-0.15, -0.1) is 16.7 Å². The highest BCUT2D eigenvalue weighted by atomic mass is 35.5. The van der Waals surface area contributed by atoms with E-state index >= 15 is 0 Å². The van der Waals surface area contributed by atoms with Crippen LogP contribution in [0.3, 0.4) is 0 Å². The number of halogens is 1. The van der Waals surface area contributed by atoms with E-state index in [4.69, 9.17) is 11.6 Å². The lowest BCUT2D eigenvalue weighted by molar-refractivity contribution is 0.435. The number of nitrogens with zero attached hydrogens (tertiary/aromatic N) is 4. The Kier molecular flexibility index (Phi) is 4.50. The zero-order chi connectivity index (χ0) is 17.8. The van der Waals surface area contributed by atoms with Crippen molar-refractivity contribution in [3.8, 4) is 0 Å². The Hall–Kier alpha value is -2.98. The lowest BCUT2D eigenvalue weighted by atomic mass is 9.77. The Labute approximate surface area is 157 Å². The van der Waals surface area contributed by atoms with Gasteiger partial charge in [0.1, 0.15) is 5.54 Å². The zero-order valence-electron chi connectivity index (χ0n) is 14.0. The van der Waals surface area contributed by atoms with Gasteiger partial charge in [-0.05, 0) is 27.1 Å². The molecule has 0 amide bonds. The highest BCUT2D eigenvalue weighted by Gasteiger charge is 2.41. The standard InChI is InChI=1S/C21H17ClN4/c22-16-20-23-24-25-26(20)21(17-10-4-1-5-11-17,18-12-6-2-7-13-18)19-14-8-3-9-15-19/h1-15H,16H2. The molecular weight excluding hydrogens is 344 g/mol. The quantitative estimate of drug-likeness (QED) is 0.394. The lowest BCUT2D eigenvalue weighted by Crippen LogP contribution is -2.39. The molecule has 0 radical (unpaired) electrons. The second-order valence-electron chi connectivity index (χ2n) is 5.95. The summed E-state index contributed by atoms with van der Waals surface area (Å²) in [6.45, 7) is 0.